The molecule has 0 aromatic heterocycles. The molecule has 0 aliphatic carbocycles. The van der Waals surface area contributed by atoms with Crippen molar-refractivity contribution in [3.8, 4) is 5.75 Å². The summed E-state index contributed by atoms with van der Waals surface area (Å²) in [6.45, 7) is 4.89. The SMILES string of the molecule is COc1ccc(N(C)CC(O)CN)c(C)c1C. The lowest BCUT2D eigenvalue weighted by Gasteiger charge is -2.25. The summed E-state index contributed by atoms with van der Waals surface area (Å²) in [6, 6.07) is 3.95. The van der Waals surface area contributed by atoms with Gasteiger partial charge < -0.3 is 20.5 Å². The number of aliphatic hydroxyl groups excluding tert-OH is 1. The Morgan fingerprint density at radius 3 is 2.53 bits per heavy atom. The van der Waals surface area contributed by atoms with E-state index < -0.39 is 6.10 Å². The van der Waals surface area contributed by atoms with Gasteiger partial charge in [-0.3, -0.25) is 0 Å². The van der Waals surface area contributed by atoms with E-state index in [1.54, 1.807) is 7.11 Å². The molecule has 0 saturated carbocycles. The maximum atomic E-state index is 9.56. The minimum absolute atomic E-state index is 0.276. The monoisotopic (exact) mass is 238 g/mol. The molecular formula is C13H22N2O2. The molecule has 0 aliphatic rings. The molecule has 0 radical (unpaired) electrons. The summed E-state index contributed by atoms with van der Waals surface area (Å²) in [5.74, 6) is 0.888. The van der Waals surface area contributed by atoms with Gasteiger partial charge in [0.1, 0.15) is 5.75 Å². The van der Waals surface area contributed by atoms with Crippen LogP contribution in [-0.2, 0) is 0 Å². The summed E-state index contributed by atoms with van der Waals surface area (Å²) < 4.78 is 5.27. The number of ether oxygens (including phenoxy) is 1. The van der Waals surface area contributed by atoms with Crippen molar-refractivity contribution in [3.63, 3.8) is 0 Å². The van der Waals surface area contributed by atoms with E-state index in [4.69, 9.17) is 10.5 Å². The van der Waals surface area contributed by atoms with Crippen molar-refractivity contribution in [2.24, 2.45) is 5.73 Å². The van der Waals surface area contributed by atoms with Crippen LogP contribution >= 0.6 is 0 Å². The molecule has 17 heavy (non-hydrogen) atoms. The molecule has 0 amide bonds. The van der Waals surface area contributed by atoms with Crippen LogP contribution in [0.25, 0.3) is 0 Å². The largest absolute Gasteiger partial charge is 0.496 e. The van der Waals surface area contributed by atoms with E-state index in [1.165, 1.54) is 0 Å². The van der Waals surface area contributed by atoms with Gasteiger partial charge >= 0.3 is 0 Å². The fourth-order valence-corrected chi connectivity index (χ4v) is 1.91. The van der Waals surface area contributed by atoms with Gasteiger partial charge in [0.05, 0.1) is 13.2 Å². The minimum Gasteiger partial charge on any atom is -0.496 e. The number of likely N-dealkylation sites (N-methyl/N-ethyl adjacent to an activating group) is 1. The Labute approximate surface area is 103 Å². The second kappa shape index (κ2) is 5.89. The van der Waals surface area contributed by atoms with Crippen LogP contribution < -0.4 is 15.4 Å². The summed E-state index contributed by atoms with van der Waals surface area (Å²) in [5, 5.41) is 9.56. The first kappa shape index (κ1) is 13.8. The van der Waals surface area contributed by atoms with Crippen molar-refractivity contribution in [2.45, 2.75) is 20.0 Å². The number of nitrogens with zero attached hydrogens (tertiary/aromatic N) is 1. The Bertz CT molecular complexity index is 380. The van der Waals surface area contributed by atoms with Crippen LogP contribution in [0.15, 0.2) is 12.1 Å². The highest BCUT2D eigenvalue weighted by Gasteiger charge is 2.12. The summed E-state index contributed by atoms with van der Waals surface area (Å²) in [6.07, 6.45) is -0.498. The van der Waals surface area contributed by atoms with Crippen molar-refractivity contribution in [1.82, 2.24) is 0 Å². The second-order valence-corrected chi connectivity index (χ2v) is 4.31. The first-order valence-electron chi connectivity index (χ1n) is 5.74. The van der Waals surface area contributed by atoms with E-state index in [-0.39, 0.29) is 6.54 Å². The van der Waals surface area contributed by atoms with Gasteiger partial charge in [0.15, 0.2) is 0 Å². The lowest BCUT2D eigenvalue weighted by atomic mass is 10.1. The van der Waals surface area contributed by atoms with Gasteiger partial charge in [0, 0.05) is 25.8 Å². The fraction of sp³-hybridized carbons (Fsp3) is 0.538. The molecule has 96 valence electrons. The van der Waals surface area contributed by atoms with Gasteiger partial charge in [-0.25, -0.2) is 0 Å². The number of anilines is 1. The molecule has 1 unspecified atom stereocenters. The van der Waals surface area contributed by atoms with Crippen LogP contribution in [0.2, 0.25) is 0 Å². The Kier molecular flexibility index (Phi) is 4.78. The van der Waals surface area contributed by atoms with E-state index in [2.05, 4.69) is 6.92 Å². The number of methoxy groups -OCH3 is 1. The average Bonchev–Trinajstić information content (AvgIpc) is 2.32. The number of nitrogens with two attached hydrogens (primary N) is 1. The second-order valence-electron chi connectivity index (χ2n) is 4.31. The van der Waals surface area contributed by atoms with Gasteiger partial charge in [-0.05, 0) is 37.1 Å². The molecule has 1 aromatic carbocycles. The topological polar surface area (TPSA) is 58.7 Å². The van der Waals surface area contributed by atoms with Crippen molar-refractivity contribution in [2.75, 3.05) is 32.1 Å². The molecule has 1 aromatic rings. The molecule has 3 N–H and O–H groups in total. The molecule has 1 atom stereocenters. The summed E-state index contributed by atoms with van der Waals surface area (Å²) >= 11 is 0. The average molecular weight is 238 g/mol. The van der Waals surface area contributed by atoms with Gasteiger partial charge in [0.25, 0.3) is 0 Å². The zero-order valence-corrected chi connectivity index (χ0v) is 11.0. The van der Waals surface area contributed by atoms with E-state index in [1.807, 2.05) is 31.0 Å². The van der Waals surface area contributed by atoms with E-state index in [0.29, 0.717) is 6.54 Å². The molecule has 0 aliphatic heterocycles. The zero-order chi connectivity index (χ0) is 13.0. The highest BCUT2D eigenvalue weighted by molar-refractivity contribution is 5.59. The number of hydrogen-bond acceptors (Lipinski definition) is 4. The Hall–Kier alpha value is -1.26. The molecule has 0 saturated heterocycles. The third-order valence-corrected chi connectivity index (χ3v) is 3.10. The fourth-order valence-electron chi connectivity index (χ4n) is 1.91. The summed E-state index contributed by atoms with van der Waals surface area (Å²) in [4.78, 5) is 2.01. The van der Waals surface area contributed by atoms with Crippen molar-refractivity contribution >= 4 is 5.69 Å². The molecule has 0 fully saturated rings. The van der Waals surface area contributed by atoms with Crippen LogP contribution in [0.1, 0.15) is 11.1 Å². The van der Waals surface area contributed by atoms with Crippen LogP contribution in [0.5, 0.6) is 5.75 Å². The van der Waals surface area contributed by atoms with Crippen LogP contribution in [0.3, 0.4) is 0 Å². The van der Waals surface area contributed by atoms with Crippen LogP contribution in [0.4, 0.5) is 5.69 Å². The molecule has 0 spiro atoms. The number of benzene rings is 1. The van der Waals surface area contributed by atoms with Crippen molar-refractivity contribution < 1.29 is 9.84 Å². The lowest BCUT2D eigenvalue weighted by Crippen LogP contribution is -2.34. The van der Waals surface area contributed by atoms with Gasteiger partial charge in [-0.1, -0.05) is 0 Å². The van der Waals surface area contributed by atoms with Crippen molar-refractivity contribution in [3.05, 3.63) is 23.3 Å². The van der Waals surface area contributed by atoms with Crippen LogP contribution in [0, 0.1) is 13.8 Å². The molecular weight excluding hydrogens is 216 g/mol. The Balaban J connectivity index is 2.95. The van der Waals surface area contributed by atoms with Gasteiger partial charge in [-0.2, -0.15) is 0 Å². The highest BCUT2D eigenvalue weighted by atomic mass is 16.5. The highest BCUT2D eigenvalue weighted by Crippen LogP contribution is 2.29. The molecule has 4 heteroatoms. The van der Waals surface area contributed by atoms with Gasteiger partial charge in [0.2, 0.25) is 0 Å². The normalized spacial score (nSPS) is 12.4. The van der Waals surface area contributed by atoms with Crippen molar-refractivity contribution in [1.29, 1.82) is 0 Å². The molecule has 4 nitrogen and oxygen atoms in total. The quantitative estimate of drug-likeness (QED) is 0.805. The lowest BCUT2D eigenvalue weighted by molar-refractivity contribution is 0.189. The third kappa shape index (κ3) is 3.11. The molecule has 0 heterocycles. The Morgan fingerprint density at radius 2 is 2.00 bits per heavy atom. The number of aliphatic hydroxyl groups is 1. The predicted molar refractivity (Wildman–Crippen MR) is 70.8 cm³/mol. The number of rotatable bonds is 5. The van der Waals surface area contributed by atoms with E-state index in [0.717, 1.165) is 22.6 Å². The maximum absolute atomic E-state index is 9.56. The Morgan fingerprint density at radius 1 is 1.35 bits per heavy atom. The minimum atomic E-state index is -0.498. The van der Waals surface area contributed by atoms with E-state index >= 15 is 0 Å². The summed E-state index contributed by atoms with van der Waals surface area (Å²) in [7, 11) is 3.62. The van der Waals surface area contributed by atoms with E-state index in [9.17, 15) is 5.11 Å². The smallest absolute Gasteiger partial charge is 0.122 e. The number of hydrogen-bond donors (Lipinski definition) is 2. The zero-order valence-electron chi connectivity index (χ0n) is 11.0. The van der Waals surface area contributed by atoms with Crippen LogP contribution in [-0.4, -0.2) is 38.5 Å². The van der Waals surface area contributed by atoms with Gasteiger partial charge in [-0.15, -0.1) is 0 Å². The predicted octanol–water partition coefficient (Wildman–Crippen LogP) is 1.07. The summed E-state index contributed by atoms with van der Waals surface area (Å²) in [5.41, 5.74) is 8.80. The first-order valence-corrected chi connectivity index (χ1v) is 5.74. The first-order chi connectivity index (χ1) is 8.01. The molecule has 1 rings (SSSR count). The maximum Gasteiger partial charge on any atom is 0.122 e. The standard InChI is InChI=1S/C13H22N2O2/c1-9-10(2)13(17-4)6-5-12(9)15(3)8-11(16)7-14/h5-6,11,16H,7-8,14H2,1-4H3. The third-order valence-electron chi connectivity index (χ3n) is 3.10. The molecule has 0 bridgehead atoms.